The van der Waals surface area contributed by atoms with E-state index in [0.717, 1.165) is 24.0 Å². The second-order valence-corrected chi connectivity index (χ2v) is 7.09. The van der Waals surface area contributed by atoms with Crippen molar-refractivity contribution in [1.82, 2.24) is 0 Å². The van der Waals surface area contributed by atoms with Crippen LogP contribution in [0, 0.1) is 10.1 Å². The van der Waals surface area contributed by atoms with Gasteiger partial charge in [-0.15, -0.1) is 5.11 Å². The molecule has 0 fully saturated rings. The number of nitrogens with zero attached hydrogens (tertiary/aromatic N) is 3. The van der Waals surface area contributed by atoms with Gasteiger partial charge in [0.15, 0.2) is 0 Å². The van der Waals surface area contributed by atoms with Crippen molar-refractivity contribution in [1.29, 1.82) is 0 Å². The third kappa shape index (κ3) is 4.83. The van der Waals surface area contributed by atoms with E-state index >= 15 is 0 Å². The number of aromatic hydroxyl groups is 1. The van der Waals surface area contributed by atoms with E-state index in [1.807, 2.05) is 12.1 Å². The molecule has 2 unspecified atom stereocenters. The summed E-state index contributed by atoms with van der Waals surface area (Å²) in [7, 11) is 0. The molecule has 0 radical (unpaired) electrons. The van der Waals surface area contributed by atoms with Crippen molar-refractivity contribution in [2.45, 2.75) is 52.4 Å². The van der Waals surface area contributed by atoms with Gasteiger partial charge in [-0.1, -0.05) is 39.3 Å². The summed E-state index contributed by atoms with van der Waals surface area (Å²) in [5.41, 5.74) is 2.57. The first-order valence-corrected chi connectivity index (χ1v) is 9.38. The molecule has 2 aromatic carbocycles. The molecule has 0 bridgehead atoms. The van der Waals surface area contributed by atoms with Gasteiger partial charge in [-0.25, -0.2) is 0 Å². The van der Waals surface area contributed by atoms with Crippen LogP contribution in [0.3, 0.4) is 0 Å². The molecule has 0 heterocycles. The van der Waals surface area contributed by atoms with Crippen molar-refractivity contribution in [2.24, 2.45) is 10.2 Å². The number of phenolic OH excluding ortho intramolecular Hbond substituents is 1. The van der Waals surface area contributed by atoms with Crippen LogP contribution < -0.4 is 0 Å². The summed E-state index contributed by atoms with van der Waals surface area (Å²) in [5, 5.41) is 30.1. The lowest BCUT2D eigenvalue weighted by molar-refractivity contribution is -0.384. The molecule has 0 aliphatic rings. The number of benzene rings is 2. The van der Waals surface area contributed by atoms with E-state index < -0.39 is 4.92 Å². The Kier molecular flexibility index (Phi) is 6.91. The maximum absolute atomic E-state index is 10.8. The number of rotatable bonds is 7. The Hall–Kier alpha value is -2.47. The standard InChI is InChI=1S/C20H24ClN3O3/c1-5-12(3)16-9-14(10-17(20(16)25)13(4)6-2)22-23-19-8-7-15(24(26)27)11-18(19)21/h7-13,25H,5-6H2,1-4H3/b23-22+. The van der Waals surface area contributed by atoms with Crippen LogP contribution in [-0.2, 0) is 0 Å². The largest absolute Gasteiger partial charge is 0.507 e. The van der Waals surface area contributed by atoms with Gasteiger partial charge < -0.3 is 5.11 Å². The molecule has 27 heavy (non-hydrogen) atoms. The van der Waals surface area contributed by atoms with Crippen LogP contribution in [0.2, 0.25) is 5.02 Å². The summed E-state index contributed by atoms with van der Waals surface area (Å²) in [4.78, 5) is 10.3. The zero-order chi connectivity index (χ0) is 20.1. The van der Waals surface area contributed by atoms with E-state index in [0.29, 0.717) is 17.1 Å². The van der Waals surface area contributed by atoms with Crippen LogP contribution >= 0.6 is 11.6 Å². The minimum Gasteiger partial charge on any atom is -0.507 e. The summed E-state index contributed by atoms with van der Waals surface area (Å²) in [6.45, 7) is 8.25. The molecule has 2 rings (SSSR count). The zero-order valence-electron chi connectivity index (χ0n) is 15.9. The van der Waals surface area contributed by atoms with Crippen LogP contribution in [0.25, 0.3) is 0 Å². The van der Waals surface area contributed by atoms with Crippen LogP contribution in [0.4, 0.5) is 17.1 Å². The summed E-state index contributed by atoms with van der Waals surface area (Å²) in [6, 6.07) is 7.72. The summed E-state index contributed by atoms with van der Waals surface area (Å²) in [5.74, 6) is 0.697. The first-order valence-electron chi connectivity index (χ1n) is 9.00. The molecule has 0 spiro atoms. The number of azo groups is 1. The van der Waals surface area contributed by atoms with E-state index in [9.17, 15) is 15.2 Å². The maximum Gasteiger partial charge on any atom is 0.271 e. The van der Waals surface area contributed by atoms with Gasteiger partial charge in [0.25, 0.3) is 5.69 Å². The minimum atomic E-state index is -0.510. The first kappa shape index (κ1) is 20.8. The first-order chi connectivity index (χ1) is 12.8. The van der Waals surface area contributed by atoms with Gasteiger partial charge in [0, 0.05) is 12.1 Å². The smallest absolute Gasteiger partial charge is 0.271 e. The zero-order valence-corrected chi connectivity index (χ0v) is 16.7. The van der Waals surface area contributed by atoms with Crippen molar-refractivity contribution in [3.05, 3.63) is 56.6 Å². The molecular weight excluding hydrogens is 366 g/mol. The molecule has 0 aromatic heterocycles. The number of nitro benzene ring substituents is 1. The van der Waals surface area contributed by atoms with E-state index in [-0.39, 0.29) is 22.5 Å². The third-order valence-electron chi connectivity index (χ3n) is 4.86. The highest BCUT2D eigenvalue weighted by molar-refractivity contribution is 6.33. The van der Waals surface area contributed by atoms with Gasteiger partial charge in [0.1, 0.15) is 11.4 Å². The highest BCUT2D eigenvalue weighted by atomic mass is 35.5. The lowest BCUT2D eigenvalue weighted by Crippen LogP contribution is -1.98. The molecule has 7 heteroatoms. The Balaban J connectivity index is 2.46. The third-order valence-corrected chi connectivity index (χ3v) is 5.16. The number of nitro groups is 1. The fourth-order valence-corrected chi connectivity index (χ4v) is 2.93. The van der Waals surface area contributed by atoms with Crippen LogP contribution in [0.5, 0.6) is 5.75 Å². The van der Waals surface area contributed by atoms with E-state index in [2.05, 4.69) is 37.9 Å². The number of hydrogen-bond donors (Lipinski definition) is 1. The Labute approximate surface area is 164 Å². The molecule has 0 aliphatic carbocycles. The highest BCUT2D eigenvalue weighted by Crippen LogP contribution is 2.40. The second-order valence-electron chi connectivity index (χ2n) is 6.68. The molecular formula is C20H24ClN3O3. The average molecular weight is 390 g/mol. The van der Waals surface area contributed by atoms with E-state index in [1.165, 1.54) is 18.2 Å². The lowest BCUT2D eigenvalue weighted by Gasteiger charge is -2.18. The van der Waals surface area contributed by atoms with Gasteiger partial charge in [0.05, 0.1) is 15.6 Å². The Morgan fingerprint density at radius 2 is 1.63 bits per heavy atom. The summed E-state index contributed by atoms with van der Waals surface area (Å²) >= 11 is 6.08. The van der Waals surface area contributed by atoms with Crippen molar-refractivity contribution >= 4 is 28.7 Å². The predicted octanol–water partition coefficient (Wildman–Crippen LogP) is 7.40. The Morgan fingerprint density at radius 3 is 2.07 bits per heavy atom. The maximum atomic E-state index is 10.8. The molecule has 2 atom stereocenters. The van der Waals surface area contributed by atoms with Crippen molar-refractivity contribution in [3.63, 3.8) is 0 Å². The fourth-order valence-electron chi connectivity index (χ4n) is 2.71. The SMILES string of the molecule is CCC(C)c1cc(/N=N/c2ccc([N+](=O)[O-])cc2Cl)cc(C(C)CC)c1O. The number of hydrogen-bond acceptors (Lipinski definition) is 5. The monoisotopic (exact) mass is 389 g/mol. The normalized spacial score (nSPS) is 13.7. The molecule has 1 N–H and O–H groups in total. The lowest BCUT2D eigenvalue weighted by atomic mass is 9.89. The van der Waals surface area contributed by atoms with Crippen LogP contribution in [0.15, 0.2) is 40.6 Å². The predicted molar refractivity (Wildman–Crippen MR) is 108 cm³/mol. The molecule has 0 amide bonds. The van der Waals surface area contributed by atoms with Gasteiger partial charge >= 0.3 is 0 Å². The number of phenols is 1. The van der Waals surface area contributed by atoms with E-state index in [4.69, 9.17) is 11.6 Å². The topological polar surface area (TPSA) is 88.1 Å². The van der Waals surface area contributed by atoms with E-state index in [1.54, 1.807) is 0 Å². The van der Waals surface area contributed by atoms with Gasteiger partial charge in [-0.05, 0) is 54.0 Å². The Bertz CT molecular complexity index is 837. The van der Waals surface area contributed by atoms with Crippen molar-refractivity contribution in [2.75, 3.05) is 0 Å². The number of halogens is 1. The van der Waals surface area contributed by atoms with Crippen LogP contribution in [-0.4, -0.2) is 10.0 Å². The summed E-state index contributed by atoms with van der Waals surface area (Å²) < 4.78 is 0. The molecule has 2 aromatic rings. The van der Waals surface area contributed by atoms with Crippen molar-refractivity contribution in [3.8, 4) is 5.75 Å². The van der Waals surface area contributed by atoms with Gasteiger partial charge in [-0.3, -0.25) is 10.1 Å². The van der Waals surface area contributed by atoms with Crippen LogP contribution in [0.1, 0.15) is 63.5 Å². The fraction of sp³-hybridized carbons (Fsp3) is 0.400. The quantitative estimate of drug-likeness (QED) is 0.304. The van der Waals surface area contributed by atoms with Gasteiger partial charge in [-0.2, -0.15) is 5.11 Å². The summed E-state index contributed by atoms with van der Waals surface area (Å²) in [6.07, 6.45) is 1.78. The molecule has 144 valence electrons. The molecule has 0 saturated carbocycles. The van der Waals surface area contributed by atoms with Crippen molar-refractivity contribution < 1.29 is 10.0 Å². The molecule has 6 nitrogen and oxygen atoms in total. The number of non-ortho nitro benzene ring substituents is 1. The Morgan fingerprint density at radius 1 is 1.07 bits per heavy atom. The minimum absolute atomic E-state index is 0.0957. The molecule has 0 saturated heterocycles. The highest BCUT2D eigenvalue weighted by Gasteiger charge is 2.18. The second kappa shape index (κ2) is 8.95. The average Bonchev–Trinajstić information content (AvgIpc) is 2.66. The molecule has 0 aliphatic heterocycles. The van der Waals surface area contributed by atoms with Gasteiger partial charge in [0.2, 0.25) is 0 Å².